The second kappa shape index (κ2) is 14.5. The Kier molecular flexibility index (Phi) is 11.1. The van der Waals surface area contributed by atoms with Gasteiger partial charge in [-0.05, 0) is 75.6 Å². The summed E-state index contributed by atoms with van der Waals surface area (Å²) in [6.45, 7) is 8.43. The minimum atomic E-state index is -1.11. The van der Waals surface area contributed by atoms with Gasteiger partial charge < -0.3 is 30.1 Å². The largest absolute Gasteiger partial charge is 0.497 e. The standard InChI is InChI=1S/C33H41N3O6/c1-22-12-13-23(2)27(20-22)29(30(38)34-25-14-16-26(41-6)17-15-25)36(18-19-37)31(39)28(21-24-10-8-7-9-11-24)35-32(40)42-33(3,4)5/h7-17,20,28-29,37H,18-19,21H2,1-6H3,(H,34,38)(H,35,40). The molecule has 9 nitrogen and oxygen atoms in total. The Balaban J connectivity index is 2.06. The molecule has 0 aliphatic heterocycles. The van der Waals surface area contributed by atoms with E-state index in [0.717, 1.165) is 16.7 Å². The number of benzene rings is 3. The fourth-order valence-electron chi connectivity index (χ4n) is 4.56. The first-order valence-electron chi connectivity index (χ1n) is 13.9. The van der Waals surface area contributed by atoms with Gasteiger partial charge in [0.25, 0.3) is 5.91 Å². The number of nitrogens with one attached hydrogen (secondary N) is 2. The molecule has 3 aromatic rings. The highest BCUT2D eigenvalue weighted by Crippen LogP contribution is 2.28. The van der Waals surface area contributed by atoms with Crippen LogP contribution in [0.3, 0.4) is 0 Å². The molecule has 3 amide bonds. The highest BCUT2D eigenvalue weighted by Gasteiger charge is 2.37. The molecule has 9 heteroatoms. The average Bonchev–Trinajstić information content (AvgIpc) is 2.94. The lowest BCUT2D eigenvalue weighted by atomic mass is 9.95. The van der Waals surface area contributed by atoms with Crippen molar-refractivity contribution in [2.24, 2.45) is 0 Å². The van der Waals surface area contributed by atoms with Crippen LogP contribution in [0.15, 0.2) is 72.8 Å². The molecule has 0 heterocycles. The van der Waals surface area contributed by atoms with Crippen LogP contribution in [0.2, 0.25) is 0 Å². The topological polar surface area (TPSA) is 117 Å². The molecular formula is C33H41N3O6. The van der Waals surface area contributed by atoms with Gasteiger partial charge in [0.05, 0.1) is 13.7 Å². The predicted octanol–water partition coefficient (Wildman–Crippen LogP) is 4.95. The van der Waals surface area contributed by atoms with Crippen LogP contribution in [-0.2, 0) is 20.7 Å². The summed E-state index contributed by atoms with van der Waals surface area (Å²) in [6, 6.07) is 19.6. The van der Waals surface area contributed by atoms with Crippen LogP contribution >= 0.6 is 0 Å². The van der Waals surface area contributed by atoms with E-state index in [0.29, 0.717) is 17.0 Å². The van der Waals surface area contributed by atoms with Crippen molar-refractivity contribution in [3.05, 3.63) is 95.1 Å². The molecule has 0 saturated carbocycles. The molecule has 0 aliphatic rings. The van der Waals surface area contributed by atoms with Crippen LogP contribution < -0.4 is 15.4 Å². The Hall–Kier alpha value is -4.37. The van der Waals surface area contributed by atoms with Crippen molar-refractivity contribution in [1.29, 1.82) is 0 Å². The molecule has 0 aromatic heterocycles. The second-order valence-electron chi connectivity index (χ2n) is 11.1. The second-order valence-corrected chi connectivity index (χ2v) is 11.1. The molecule has 3 rings (SSSR count). The zero-order valence-electron chi connectivity index (χ0n) is 25.1. The van der Waals surface area contributed by atoms with Crippen molar-refractivity contribution in [2.45, 2.75) is 58.7 Å². The van der Waals surface area contributed by atoms with E-state index in [1.54, 1.807) is 52.1 Å². The molecular weight excluding hydrogens is 534 g/mol. The fraction of sp³-hybridized carbons (Fsp3) is 0.364. The number of aryl methyl sites for hydroxylation is 2. The van der Waals surface area contributed by atoms with Gasteiger partial charge in [0.15, 0.2) is 0 Å². The Morgan fingerprint density at radius 2 is 1.62 bits per heavy atom. The maximum absolute atomic E-state index is 14.3. The third kappa shape index (κ3) is 9.07. The lowest BCUT2D eigenvalue weighted by Crippen LogP contribution is -2.54. The van der Waals surface area contributed by atoms with Gasteiger partial charge in [-0.15, -0.1) is 0 Å². The Morgan fingerprint density at radius 3 is 2.21 bits per heavy atom. The van der Waals surface area contributed by atoms with Crippen molar-refractivity contribution in [3.63, 3.8) is 0 Å². The first-order chi connectivity index (χ1) is 19.9. The fourth-order valence-corrected chi connectivity index (χ4v) is 4.56. The molecule has 0 saturated heterocycles. The van der Waals surface area contributed by atoms with Gasteiger partial charge >= 0.3 is 6.09 Å². The molecule has 0 fully saturated rings. The number of anilines is 1. The van der Waals surface area contributed by atoms with Crippen LogP contribution in [-0.4, -0.2) is 59.8 Å². The van der Waals surface area contributed by atoms with Crippen molar-refractivity contribution < 1.29 is 29.0 Å². The van der Waals surface area contributed by atoms with E-state index in [2.05, 4.69) is 10.6 Å². The summed E-state index contributed by atoms with van der Waals surface area (Å²) in [6.07, 6.45) is -0.604. The number of methoxy groups -OCH3 is 1. The molecule has 2 atom stereocenters. The van der Waals surface area contributed by atoms with Gasteiger partial charge in [0, 0.05) is 18.7 Å². The number of hydrogen-bond acceptors (Lipinski definition) is 6. The summed E-state index contributed by atoms with van der Waals surface area (Å²) >= 11 is 0. The van der Waals surface area contributed by atoms with Crippen molar-refractivity contribution in [3.8, 4) is 5.75 Å². The monoisotopic (exact) mass is 575 g/mol. The van der Waals surface area contributed by atoms with E-state index in [1.807, 2.05) is 62.4 Å². The molecule has 0 bridgehead atoms. The zero-order chi connectivity index (χ0) is 30.9. The highest BCUT2D eigenvalue weighted by atomic mass is 16.6. The number of aliphatic hydroxyl groups excluding tert-OH is 1. The number of hydrogen-bond donors (Lipinski definition) is 3. The summed E-state index contributed by atoms with van der Waals surface area (Å²) < 4.78 is 10.7. The van der Waals surface area contributed by atoms with Crippen LogP contribution in [0, 0.1) is 13.8 Å². The SMILES string of the molecule is COc1ccc(NC(=O)C(c2cc(C)ccc2C)N(CCO)C(=O)C(Cc2ccccc2)NC(=O)OC(C)(C)C)cc1. The predicted molar refractivity (Wildman–Crippen MR) is 162 cm³/mol. The number of aliphatic hydroxyl groups is 1. The smallest absolute Gasteiger partial charge is 0.408 e. The first kappa shape index (κ1) is 32.1. The molecule has 42 heavy (non-hydrogen) atoms. The molecule has 224 valence electrons. The number of amides is 3. The quantitative estimate of drug-likeness (QED) is 0.298. The van der Waals surface area contributed by atoms with Crippen molar-refractivity contribution in [1.82, 2.24) is 10.2 Å². The Labute approximate surface area is 247 Å². The first-order valence-corrected chi connectivity index (χ1v) is 13.9. The van der Waals surface area contributed by atoms with E-state index >= 15 is 0 Å². The highest BCUT2D eigenvalue weighted by molar-refractivity contribution is 5.99. The molecule has 0 aliphatic carbocycles. The number of nitrogens with zero attached hydrogens (tertiary/aromatic N) is 1. The normalized spacial score (nSPS) is 12.5. The van der Waals surface area contributed by atoms with E-state index in [-0.39, 0.29) is 13.0 Å². The summed E-state index contributed by atoms with van der Waals surface area (Å²) in [7, 11) is 1.56. The Bertz CT molecular complexity index is 1350. The number of rotatable bonds is 11. The van der Waals surface area contributed by atoms with Gasteiger partial charge in [0.2, 0.25) is 5.91 Å². The van der Waals surface area contributed by atoms with Crippen LogP contribution in [0.5, 0.6) is 5.75 Å². The average molecular weight is 576 g/mol. The van der Waals surface area contributed by atoms with E-state index in [1.165, 1.54) is 4.90 Å². The van der Waals surface area contributed by atoms with Gasteiger partial charge in [-0.3, -0.25) is 9.59 Å². The van der Waals surface area contributed by atoms with E-state index in [9.17, 15) is 19.5 Å². The summed E-state index contributed by atoms with van der Waals surface area (Å²) in [4.78, 5) is 42.5. The van der Waals surface area contributed by atoms with E-state index in [4.69, 9.17) is 9.47 Å². The number of ether oxygens (including phenoxy) is 2. The molecule has 3 N–H and O–H groups in total. The van der Waals surface area contributed by atoms with Gasteiger partial charge in [-0.2, -0.15) is 0 Å². The number of carbonyl (C=O) groups excluding carboxylic acids is 3. The van der Waals surface area contributed by atoms with Crippen molar-refractivity contribution >= 4 is 23.6 Å². The lowest BCUT2D eigenvalue weighted by molar-refractivity contribution is -0.141. The summed E-state index contributed by atoms with van der Waals surface area (Å²) in [5.74, 6) is -0.367. The summed E-state index contributed by atoms with van der Waals surface area (Å²) in [5, 5.41) is 15.7. The lowest BCUT2D eigenvalue weighted by Gasteiger charge is -2.35. The number of carbonyl (C=O) groups is 3. The zero-order valence-corrected chi connectivity index (χ0v) is 25.1. The minimum absolute atomic E-state index is 0.145. The van der Waals surface area contributed by atoms with Crippen LogP contribution in [0.1, 0.15) is 49.1 Å². The van der Waals surface area contributed by atoms with Gasteiger partial charge in [-0.25, -0.2) is 4.79 Å². The van der Waals surface area contributed by atoms with Crippen LogP contribution in [0.25, 0.3) is 0 Å². The maximum atomic E-state index is 14.3. The van der Waals surface area contributed by atoms with Gasteiger partial charge in [0.1, 0.15) is 23.4 Å². The summed E-state index contributed by atoms with van der Waals surface area (Å²) in [5.41, 5.74) is 2.85. The van der Waals surface area contributed by atoms with Crippen molar-refractivity contribution in [2.75, 3.05) is 25.6 Å². The van der Waals surface area contributed by atoms with E-state index < -0.39 is 42.2 Å². The van der Waals surface area contributed by atoms with Crippen LogP contribution in [0.4, 0.5) is 10.5 Å². The third-order valence-electron chi connectivity index (χ3n) is 6.54. The molecule has 2 unspecified atom stereocenters. The Morgan fingerprint density at radius 1 is 0.952 bits per heavy atom. The molecule has 3 aromatic carbocycles. The third-order valence-corrected chi connectivity index (χ3v) is 6.54. The van der Waals surface area contributed by atoms with Gasteiger partial charge in [-0.1, -0.05) is 54.1 Å². The molecule has 0 spiro atoms. The maximum Gasteiger partial charge on any atom is 0.408 e. The minimum Gasteiger partial charge on any atom is -0.497 e. The number of alkyl carbamates (subject to hydrolysis) is 1. The molecule has 0 radical (unpaired) electrons.